The highest BCUT2D eigenvalue weighted by Gasteiger charge is 2.26. The molecule has 154 valence electrons. The summed E-state index contributed by atoms with van der Waals surface area (Å²) in [5, 5.41) is 2.88. The van der Waals surface area contributed by atoms with Crippen molar-refractivity contribution in [3.63, 3.8) is 0 Å². The number of esters is 1. The average Bonchev–Trinajstić information content (AvgIpc) is 3.12. The summed E-state index contributed by atoms with van der Waals surface area (Å²) in [6, 6.07) is 9.79. The predicted octanol–water partition coefficient (Wildman–Crippen LogP) is 4.31. The molecule has 5 nitrogen and oxygen atoms in total. The molecule has 5 rings (SSSR count). The van der Waals surface area contributed by atoms with Crippen molar-refractivity contribution in [3.05, 3.63) is 63.0 Å². The third kappa shape index (κ3) is 3.60. The molecule has 0 unspecified atom stereocenters. The van der Waals surface area contributed by atoms with E-state index in [1.54, 1.807) is 16.2 Å². The molecule has 2 aromatic heterocycles. The molecule has 0 saturated carbocycles. The molecule has 0 saturated heterocycles. The maximum atomic E-state index is 13.2. The predicted molar refractivity (Wildman–Crippen MR) is 117 cm³/mol. The van der Waals surface area contributed by atoms with Gasteiger partial charge in [0, 0.05) is 29.0 Å². The molecule has 0 spiro atoms. The summed E-state index contributed by atoms with van der Waals surface area (Å²) in [6.07, 6.45) is 5.86. The Balaban J connectivity index is 1.37. The van der Waals surface area contributed by atoms with Gasteiger partial charge in [-0.05, 0) is 60.7 Å². The molecule has 0 fully saturated rings. The van der Waals surface area contributed by atoms with Crippen LogP contribution in [0.2, 0.25) is 0 Å². The van der Waals surface area contributed by atoms with E-state index < -0.39 is 5.97 Å². The first-order chi connectivity index (χ1) is 14.7. The Kier molecular flexibility index (Phi) is 5.25. The summed E-state index contributed by atoms with van der Waals surface area (Å²) in [5.41, 5.74) is 4.63. The van der Waals surface area contributed by atoms with Crippen molar-refractivity contribution in [3.8, 4) is 0 Å². The summed E-state index contributed by atoms with van der Waals surface area (Å²) in [5.74, 6) is -0.544. The number of carbonyl (C=O) groups excluding carboxylic acids is 2. The standard InChI is InChI=1S/C24H24N2O3S/c27-22(26-12-10-21-16(14-26)11-13-30-21)15-29-24(28)23-17-6-2-1-3-8-19(17)25-20-9-5-4-7-18(20)23/h4-5,7,9,11,13H,1-3,6,8,10,12,14-15H2. The minimum absolute atomic E-state index is 0.135. The molecular formula is C24H24N2O3S. The number of aromatic nitrogens is 1. The minimum atomic E-state index is -0.409. The Labute approximate surface area is 179 Å². The summed E-state index contributed by atoms with van der Waals surface area (Å²) in [7, 11) is 0. The van der Waals surface area contributed by atoms with Crippen LogP contribution in [0.25, 0.3) is 10.9 Å². The van der Waals surface area contributed by atoms with Crippen LogP contribution < -0.4 is 0 Å². The fourth-order valence-corrected chi connectivity index (χ4v) is 5.42. The minimum Gasteiger partial charge on any atom is -0.452 e. The van der Waals surface area contributed by atoms with Crippen LogP contribution in [0.3, 0.4) is 0 Å². The summed E-state index contributed by atoms with van der Waals surface area (Å²) in [6.45, 7) is 1.06. The fourth-order valence-electron chi connectivity index (χ4n) is 4.53. The van der Waals surface area contributed by atoms with Gasteiger partial charge >= 0.3 is 5.97 Å². The Morgan fingerprint density at radius 3 is 2.87 bits per heavy atom. The quantitative estimate of drug-likeness (QED) is 0.468. The normalized spacial score (nSPS) is 15.9. The number of rotatable bonds is 3. The van der Waals surface area contributed by atoms with E-state index >= 15 is 0 Å². The molecule has 1 aliphatic carbocycles. The van der Waals surface area contributed by atoms with Crippen molar-refractivity contribution >= 4 is 34.1 Å². The molecule has 3 heterocycles. The van der Waals surface area contributed by atoms with E-state index in [0.29, 0.717) is 18.7 Å². The van der Waals surface area contributed by atoms with E-state index in [2.05, 4.69) is 11.4 Å². The zero-order valence-corrected chi connectivity index (χ0v) is 17.7. The van der Waals surface area contributed by atoms with E-state index in [9.17, 15) is 9.59 Å². The van der Waals surface area contributed by atoms with Crippen LogP contribution in [0.4, 0.5) is 0 Å². The number of hydrogen-bond acceptors (Lipinski definition) is 5. The van der Waals surface area contributed by atoms with Crippen LogP contribution in [0.5, 0.6) is 0 Å². The first kappa shape index (κ1) is 19.2. The number of aryl methyl sites for hydroxylation is 1. The second kappa shape index (κ2) is 8.19. The number of fused-ring (bicyclic) bond motifs is 3. The van der Waals surface area contributed by atoms with Crippen LogP contribution in [0.1, 0.15) is 51.3 Å². The van der Waals surface area contributed by atoms with E-state index in [0.717, 1.165) is 60.7 Å². The van der Waals surface area contributed by atoms with Gasteiger partial charge in [-0.3, -0.25) is 9.78 Å². The van der Waals surface area contributed by atoms with E-state index in [1.165, 1.54) is 10.4 Å². The van der Waals surface area contributed by atoms with Gasteiger partial charge in [-0.1, -0.05) is 24.6 Å². The average molecular weight is 421 g/mol. The van der Waals surface area contributed by atoms with Crippen molar-refractivity contribution < 1.29 is 14.3 Å². The highest BCUT2D eigenvalue weighted by molar-refractivity contribution is 7.10. The zero-order chi connectivity index (χ0) is 20.5. The lowest BCUT2D eigenvalue weighted by Crippen LogP contribution is -2.38. The first-order valence-corrected chi connectivity index (χ1v) is 11.5. The van der Waals surface area contributed by atoms with Crippen molar-refractivity contribution in [2.75, 3.05) is 13.2 Å². The van der Waals surface area contributed by atoms with Crippen LogP contribution in [-0.4, -0.2) is 34.9 Å². The summed E-state index contributed by atoms with van der Waals surface area (Å²) in [4.78, 5) is 33.8. The molecule has 0 N–H and O–H groups in total. The van der Waals surface area contributed by atoms with Gasteiger partial charge in [0.1, 0.15) is 0 Å². The van der Waals surface area contributed by atoms with Crippen LogP contribution in [0.15, 0.2) is 35.7 Å². The molecule has 0 atom stereocenters. The first-order valence-electron chi connectivity index (χ1n) is 10.6. The lowest BCUT2D eigenvalue weighted by Gasteiger charge is -2.26. The van der Waals surface area contributed by atoms with Gasteiger partial charge in [-0.15, -0.1) is 11.3 Å². The lowest BCUT2D eigenvalue weighted by atomic mass is 9.97. The molecule has 1 aliphatic heterocycles. The number of para-hydroxylation sites is 1. The molecule has 0 bridgehead atoms. The maximum absolute atomic E-state index is 13.2. The largest absolute Gasteiger partial charge is 0.452 e. The second-order valence-corrected chi connectivity index (χ2v) is 9.00. The number of ether oxygens (including phenoxy) is 1. The molecule has 1 amide bonds. The van der Waals surface area contributed by atoms with E-state index in [-0.39, 0.29) is 12.5 Å². The maximum Gasteiger partial charge on any atom is 0.339 e. The van der Waals surface area contributed by atoms with Crippen molar-refractivity contribution in [2.45, 2.75) is 45.1 Å². The topological polar surface area (TPSA) is 59.5 Å². The second-order valence-electron chi connectivity index (χ2n) is 8.00. The monoisotopic (exact) mass is 420 g/mol. The third-order valence-corrected chi connectivity index (χ3v) is 7.13. The number of hydrogen-bond donors (Lipinski definition) is 0. The van der Waals surface area contributed by atoms with Gasteiger partial charge in [0.2, 0.25) is 0 Å². The van der Waals surface area contributed by atoms with Crippen LogP contribution >= 0.6 is 11.3 Å². The number of nitrogens with zero attached hydrogens (tertiary/aromatic N) is 2. The third-order valence-electron chi connectivity index (χ3n) is 6.11. The number of carbonyl (C=O) groups is 2. The molecule has 1 aromatic carbocycles. The SMILES string of the molecule is O=C(OCC(=O)N1CCc2sccc2C1)c1c2c(nc3ccccc13)CCCCC2. The summed E-state index contributed by atoms with van der Waals surface area (Å²) >= 11 is 1.74. The Hall–Kier alpha value is -2.73. The van der Waals surface area contributed by atoms with Gasteiger partial charge in [0.05, 0.1) is 11.1 Å². The van der Waals surface area contributed by atoms with Crippen LogP contribution in [-0.2, 0) is 35.3 Å². The Morgan fingerprint density at radius 1 is 1.07 bits per heavy atom. The fraction of sp³-hybridized carbons (Fsp3) is 0.375. The smallest absolute Gasteiger partial charge is 0.339 e. The van der Waals surface area contributed by atoms with Crippen molar-refractivity contribution in [1.29, 1.82) is 0 Å². The number of amides is 1. The van der Waals surface area contributed by atoms with Gasteiger partial charge in [-0.25, -0.2) is 4.79 Å². The zero-order valence-electron chi connectivity index (χ0n) is 16.9. The van der Waals surface area contributed by atoms with Gasteiger partial charge in [0.25, 0.3) is 5.91 Å². The van der Waals surface area contributed by atoms with E-state index in [1.807, 2.05) is 24.3 Å². The number of benzene rings is 1. The van der Waals surface area contributed by atoms with Crippen molar-refractivity contribution in [2.24, 2.45) is 0 Å². The molecule has 0 radical (unpaired) electrons. The Bertz CT molecular complexity index is 1120. The molecular weight excluding hydrogens is 396 g/mol. The molecule has 30 heavy (non-hydrogen) atoms. The van der Waals surface area contributed by atoms with Crippen molar-refractivity contribution in [1.82, 2.24) is 9.88 Å². The van der Waals surface area contributed by atoms with Crippen LogP contribution in [0, 0.1) is 0 Å². The Morgan fingerprint density at radius 2 is 1.93 bits per heavy atom. The van der Waals surface area contributed by atoms with Gasteiger partial charge in [-0.2, -0.15) is 0 Å². The van der Waals surface area contributed by atoms with E-state index in [4.69, 9.17) is 9.72 Å². The molecule has 6 heteroatoms. The number of thiophene rings is 1. The molecule has 3 aromatic rings. The lowest BCUT2D eigenvalue weighted by molar-refractivity contribution is -0.135. The van der Waals surface area contributed by atoms with Gasteiger partial charge in [0.15, 0.2) is 6.61 Å². The highest BCUT2D eigenvalue weighted by Crippen LogP contribution is 2.29. The number of pyridine rings is 1. The molecule has 2 aliphatic rings. The highest BCUT2D eigenvalue weighted by atomic mass is 32.1. The summed E-state index contributed by atoms with van der Waals surface area (Å²) < 4.78 is 5.57. The van der Waals surface area contributed by atoms with Gasteiger partial charge < -0.3 is 9.64 Å².